The quantitative estimate of drug-likeness (QED) is 0.746. The van der Waals surface area contributed by atoms with Crippen molar-refractivity contribution in [3.63, 3.8) is 0 Å². The number of hydrogen-bond donors (Lipinski definition) is 0. The minimum Gasteiger partial charge on any atom is -0.292 e. The first kappa shape index (κ1) is 11.7. The number of hydrogen-bond acceptors (Lipinski definition) is 3. The summed E-state index contributed by atoms with van der Waals surface area (Å²) in [7, 11) is 0. The second-order valence-electron chi connectivity index (χ2n) is 3.36. The van der Waals surface area contributed by atoms with Gasteiger partial charge < -0.3 is 0 Å². The highest BCUT2D eigenvalue weighted by atomic mass is 79.9. The van der Waals surface area contributed by atoms with Gasteiger partial charge >= 0.3 is 0 Å². The molecule has 0 amide bonds. The molecule has 2 aromatic rings. The lowest BCUT2D eigenvalue weighted by Crippen LogP contribution is -2.21. The molecule has 2 heterocycles. The molecule has 0 radical (unpaired) electrons. The standard InChI is InChI=1S/C10H9Br2N3O/c1-3-15-8-6(4-7(11)9(15)16)5(2)13-10(12)14-8/h4H,3H2,1-2H3. The Kier molecular flexibility index (Phi) is 3.12. The van der Waals surface area contributed by atoms with Crippen LogP contribution >= 0.6 is 31.9 Å². The maximum absolute atomic E-state index is 11.9. The van der Waals surface area contributed by atoms with Crippen LogP contribution in [-0.2, 0) is 6.54 Å². The van der Waals surface area contributed by atoms with E-state index in [1.165, 1.54) is 0 Å². The third-order valence-electron chi connectivity index (χ3n) is 2.38. The molecule has 84 valence electrons. The van der Waals surface area contributed by atoms with Crippen LogP contribution in [-0.4, -0.2) is 14.5 Å². The summed E-state index contributed by atoms with van der Waals surface area (Å²) in [4.78, 5) is 20.4. The number of rotatable bonds is 1. The smallest absolute Gasteiger partial charge is 0.266 e. The topological polar surface area (TPSA) is 47.8 Å². The summed E-state index contributed by atoms with van der Waals surface area (Å²) in [5.74, 6) is 0. The predicted molar refractivity (Wildman–Crippen MR) is 69.6 cm³/mol. The van der Waals surface area contributed by atoms with Gasteiger partial charge in [0.05, 0.1) is 10.2 Å². The second kappa shape index (κ2) is 4.25. The first-order valence-corrected chi connectivity index (χ1v) is 6.36. The SMILES string of the molecule is CCn1c(=O)c(Br)cc2c(C)nc(Br)nc21. The fraction of sp³-hybridized carbons (Fsp3) is 0.300. The van der Waals surface area contributed by atoms with Crippen molar-refractivity contribution in [3.05, 3.63) is 31.3 Å². The van der Waals surface area contributed by atoms with Crippen molar-refractivity contribution in [2.45, 2.75) is 20.4 Å². The number of aromatic nitrogens is 3. The molecule has 2 aromatic heterocycles. The Morgan fingerprint density at radius 3 is 2.69 bits per heavy atom. The van der Waals surface area contributed by atoms with Crippen LogP contribution in [0.4, 0.5) is 0 Å². The molecule has 0 spiro atoms. The predicted octanol–water partition coefficient (Wildman–Crippen LogP) is 2.64. The lowest BCUT2D eigenvalue weighted by molar-refractivity contribution is 0.742. The number of nitrogens with zero attached hydrogens (tertiary/aromatic N) is 3. The molecule has 0 aromatic carbocycles. The van der Waals surface area contributed by atoms with E-state index >= 15 is 0 Å². The maximum atomic E-state index is 11.9. The van der Waals surface area contributed by atoms with Crippen molar-refractivity contribution in [2.24, 2.45) is 0 Å². The van der Waals surface area contributed by atoms with Gasteiger partial charge in [0, 0.05) is 11.9 Å². The van der Waals surface area contributed by atoms with Gasteiger partial charge in [-0.1, -0.05) is 0 Å². The van der Waals surface area contributed by atoms with Crippen LogP contribution in [0.1, 0.15) is 12.6 Å². The number of pyridine rings is 1. The van der Waals surface area contributed by atoms with Gasteiger partial charge in [-0.05, 0) is 51.8 Å². The van der Waals surface area contributed by atoms with Crippen molar-refractivity contribution in [1.82, 2.24) is 14.5 Å². The first-order valence-electron chi connectivity index (χ1n) is 4.77. The van der Waals surface area contributed by atoms with Gasteiger partial charge in [-0.2, -0.15) is 0 Å². The van der Waals surface area contributed by atoms with Crippen LogP contribution < -0.4 is 5.56 Å². The third kappa shape index (κ3) is 1.80. The van der Waals surface area contributed by atoms with Crippen LogP contribution in [0.25, 0.3) is 11.0 Å². The van der Waals surface area contributed by atoms with Crippen LogP contribution in [0.5, 0.6) is 0 Å². The van der Waals surface area contributed by atoms with Gasteiger partial charge in [-0.15, -0.1) is 0 Å². The summed E-state index contributed by atoms with van der Waals surface area (Å²) < 4.78 is 2.66. The molecule has 0 N–H and O–H groups in total. The molecule has 0 unspecified atom stereocenters. The molecule has 2 rings (SSSR count). The highest BCUT2D eigenvalue weighted by Gasteiger charge is 2.10. The molecule has 6 heteroatoms. The molecule has 0 aliphatic carbocycles. The van der Waals surface area contributed by atoms with Crippen LogP contribution in [0.15, 0.2) is 20.1 Å². The van der Waals surface area contributed by atoms with Gasteiger partial charge in [-0.25, -0.2) is 9.97 Å². The van der Waals surface area contributed by atoms with Crippen LogP contribution in [0, 0.1) is 6.92 Å². The summed E-state index contributed by atoms with van der Waals surface area (Å²) in [6.07, 6.45) is 0. The van der Waals surface area contributed by atoms with E-state index in [9.17, 15) is 4.79 Å². The Hall–Kier alpha value is -0.750. The largest absolute Gasteiger partial charge is 0.292 e. The van der Waals surface area contributed by atoms with E-state index in [0.717, 1.165) is 11.1 Å². The zero-order valence-electron chi connectivity index (χ0n) is 8.79. The van der Waals surface area contributed by atoms with Crippen LogP contribution in [0.2, 0.25) is 0 Å². The molecule has 0 fully saturated rings. The van der Waals surface area contributed by atoms with Crippen molar-refractivity contribution in [2.75, 3.05) is 0 Å². The molecule has 16 heavy (non-hydrogen) atoms. The highest BCUT2D eigenvalue weighted by molar-refractivity contribution is 9.10. The summed E-state index contributed by atoms with van der Waals surface area (Å²) in [6, 6.07) is 1.77. The number of halogens is 2. The summed E-state index contributed by atoms with van der Waals surface area (Å²) >= 11 is 6.50. The highest BCUT2D eigenvalue weighted by Crippen LogP contribution is 2.19. The molecule has 0 atom stereocenters. The van der Waals surface area contributed by atoms with Gasteiger partial charge in [0.2, 0.25) is 0 Å². The fourth-order valence-electron chi connectivity index (χ4n) is 1.61. The van der Waals surface area contributed by atoms with E-state index in [0.29, 0.717) is 21.4 Å². The van der Waals surface area contributed by atoms with Crippen molar-refractivity contribution >= 4 is 42.9 Å². The minimum atomic E-state index is -0.0694. The zero-order chi connectivity index (χ0) is 11.9. The second-order valence-corrected chi connectivity index (χ2v) is 4.92. The van der Waals surface area contributed by atoms with E-state index in [1.807, 2.05) is 13.8 Å². The van der Waals surface area contributed by atoms with E-state index in [2.05, 4.69) is 41.8 Å². The number of aryl methyl sites for hydroxylation is 2. The molecular formula is C10H9Br2N3O. The summed E-state index contributed by atoms with van der Waals surface area (Å²) in [5, 5.41) is 0.886. The van der Waals surface area contributed by atoms with E-state index in [-0.39, 0.29) is 5.56 Å². The van der Waals surface area contributed by atoms with Gasteiger partial charge in [0.25, 0.3) is 5.56 Å². The maximum Gasteiger partial charge on any atom is 0.266 e. The molecule has 0 saturated heterocycles. The molecule has 0 aliphatic rings. The van der Waals surface area contributed by atoms with E-state index in [4.69, 9.17) is 0 Å². The third-order valence-corrected chi connectivity index (χ3v) is 3.30. The Labute approximate surface area is 109 Å². The Bertz CT molecular complexity index is 621. The lowest BCUT2D eigenvalue weighted by Gasteiger charge is -2.09. The molecule has 4 nitrogen and oxygen atoms in total. The average molecular weight is 347 g/mol. The van der Waals surface area contributed by atoms with E-state index < -0.39 is 0 Å². The van der Waals surface area contributed by atoms with Crippen molar-refractivity contribution < 1.29 is 0 Å². The molecule has 0 aliphatic heterocycles. The van der Waals surface area contributed by atoms with Crippen molar-refractivity contribution in [1.29, 1.82) is 0 Å². The van der Waals surface area contributed by atoms with E-state index in [1.54, 1.807) is 10.6 Å². The fourth-order valence-corrected chi connectivity index (χ4v) is 2.49. The molecule has 0 bridgehead atoms. The molecular weight excluding hydrogens is 338 g/mol. The zero-order valence-corrected chi connectivity index (χ0v) is 12.0. The van der Waals surface area contributed by atoms with Crippen molar-refractivity contribution in [3.8, 4) is 0 Å². The summed E-state index contributed by atoms with van der Waals surface area (Å²) in [5.41, 5.74) is 1.44. The van der Waals surface area contributed by atoms with Gasteiger partial charge in [0.15, 0.2) is 4.73 Å². The number of fused-ring (bicyclic) bond motifs is 1. The monoisotopic (exact) mass is 345 g/mol. The Morgan fingerprint density at radius 2 is 2.06 bits per heavy atom. The average Bonchev–Trinajstić information content (AvgIpc) is 2.22. The normalized spacial score (nSPS) is 11.0. The lowest BCUT2D eigenvalue weighted by atomic mass is 10.2. The van der Waals surface area contributed by atoms with Crippen LogP contribution in [0.3, 0.4) is 0 Å². The Balaban J connectivity index is 3.02. The minimum absolute atomic E-state index is 0.0694. The van der Waals surface area contributed by atoms with Gasteiger partial charge in [0.1, 0.15) is 5.65 Å². The first-order chi connectivity index (χ1) is 7.54. The van der Waals surface area contributed by atoms with Gasteiger partial charge in [-0.3, -0.25) is 9.36 Å². The molecule has 0 saturated carbocycles. The summed E-state index contributed by atoms with van der Waals surface area (Å²) in [6.45, 7) is 4.39. The Morgan fingerprint density at radius 1 is 1.38 bits per heavy atom.